The molecule has 0 unspecified atom stereocenters. The van der Waals surface area contributed by atoms with E-state index in [0.717, 1.165) is 62.5 Å². The van der Waals surface area contributed by atoms with Crippen molar-refractivity contribution in [2.24, 2.45) is 5.73 Å². The maximum atomic E-state index is 13.1. The number of nitrogens with two attached hydrogens (primary N) is 1. The van der Waals surface area contributed by atoms with Gasteiger partial charge in [-0.05, 0) is 62.0 Å². The standard InChI is InChI=1S/C22H28FN3O2.C2H5N/c1-3-13-27-14-5-12-26-21-15-19(28-18-8-6-17(23)7-9-18)10-11-20(21)25-22(26)16-24-4-2;1-2-3/h6-11,15,24H,3-5,12-14,16H2,1-2H3;2H,1,3H2. The zero-order valence-corrected chi connectivity index (χ0v) is 18.4. The average molecular weight is 429 g/mol. The molecule has 0 saturated carbocycles. The van der Waals surface area contributed by atoms with Crippen molar-refractivity contribution in [1.82, 2.24) is 14.9 Å². The molecule has 0 aliphatic heterocycles. The third-order valence-electron chi connectivity index (χ3n) is 4.40. The van der Waals surface area contributed by atoms with E-state index in [2.05, 4.69) is 36.0 Å². The highest BCUT2D eigenvalue weighted by atomic mass is 19.1. The van der Waals surface area contributed by atoms with Gasteiger partial charge in [0.05, 0.1) is 17.6 Å². The molecule has 6 nitrogen and oxygen atoms in total. The predicted molar refractivity (Wildman–Crippen MR) is 124 cm³/mol. The van der Waals surface area contributed by atoms with Crippen molar-refractivity contribution < 1.29 is 13.9 Å². The van der Waals surface area contributed by atoms with Crippen LogP contribution in [0.25, 0.3) is 11.0 Å². The van der Waals surface area contributed by atoms with Crippen molar-refractivity contribution in [2.45, 2.75) is 39.8 Å². The number of benzene rings is 2. The van der Waals surface area contributed by atoms with Crippen molar-refractivity contribution in [2.75, 3.05) is 19.8 Å². The summed E-state index contributed by atoms with van der Waals surface area (Å²) >= 11 is 0. The van der Waals surface area contributed by atoms with Crippen LogP contribution in [-0.4, -0.2) is 29.3 Å². The summed E-state index contributed by atoms with van der Waals surface area (Å²) in [6.45, 7) is 11.3. The SMILES string of the molecule is C=CN.CCCOCCCn1c(CNCC)nc2ccc(Oc3ccc(F)cc3)cc21. The Hall–Kier alpha value is -2.90. The fourth-order valence-corrected chi connectivity index (χ4v) is 3.05. The lowest BCUT2D eigenvalue weighted by Crippen LogP contribution is -2.17. The van der Waals surface area contributed by atoms with Gasteiger partial charge in [-0.15, -0.1) is 0 Å². The largest absolute Gasteiger partial charge is 0.457 e. The highest BCUT2D eigenvalue weighted by Crippen LogP contribution is 2.27. The molecule has 0 aliphatic carbocycles. The van der Waals surface area contributed by atoms with Gasteiger partial charge in [-0.25, -0.2) is 9.37 Å². The summed E-state index contributed by atoms with van der Waals surface area (Å²) in [5.74, 6) is 2.04. The van der Waals surface area contributed by atoms with E-state index >= 15 is 0 Å². The van der Waals surface area contributed by atoms with Gasteiger partial charge in [0, 0.05) is 25.8 Å². The molecule has 7 heteroatoms. The number of nitrogens with zero attached hydrogens (tertiary/aromatic N) is 2. The summed E-state index contributed by atoms with van der Waals surface area (Å²) in [5, 5.41) is 3.36. The summed E-state index contributed by atoms with van der Waals surface area (Å²) in [6, 6.07) is 11.9. The van der Waals surface area contributed by atoms with Gasteiger partial charge in [0.1, 0.15) is 23.1 Å². The number of fused-ring (bicyclic) bond motifs is 1. The molecule has 168 valence electrons. The Balaban J connectivity index is 0.00000107. The normalized spacial score (nSPS) is 10.5. The Bertz CT molecular complexity index is 925. The topological polar surface area (TPSA) is 74.3 Å². The third-order valence-corrected chi connectivity index (χ3v) is 4.40. The first-order chi connectivity index (χ1) is 15.1. The molecule has 0 spiro atoms. The highest BCUT2D eigenvalue weighted by Gasteiger charge is 2.12. The van der Waals surface area contributed by atoms with E-state index in [9.17, 15) is 4.39 Å². The molecule has 0 amide bonds. The molecule has 0 radical (unpaired) electrons. The second-order valence-electron chi connectivity index (χ2n) is 6.87. The van der Waals surface area contributed by atoms with Gasteiger partial charge in [0.25, 0.3) is 0 Å². The van der Waals surface area contributed by atoms with E-state index in [1.807, 2.05) is 18.2 Å². The van der Waals surface area contributed by atoms with Gasteiger partial charge in [-0.1, -0.05) is 20.4 Å². The Kier molecular flexibility index (Phi) is 10.5. The van der Waals surface area contributed by atoms with E-state index in [0.29, 0.717) is 11.5 Å². The third kappa shape index (κ3) is 7.70. The quantitative estimate of drug-likeness (QED) is 0.421. The summed E-state index contributed by atoms with van der Waals surface area (Å²) in [7, 11) is 0. The molecule has 2 aromatic carbocycles. The van der Waals surface area contributed by atoms with E-state index in [1.165, 1.54) is 18.3 Å². The van der Waals surface area contributed by atoms with Gasteiger partial charge >= 0.3 is 0 Å². The van der Waals surface area contributed by atoms with Crippen molar-refractivity contribution in [3.63, 3.8) is 0 Å². The van der Waals surface area contributed by atoms with Crippen LogP contribution in [0.2, 0.25) is 0 Å². The summed E-state index contributed by atoms with van der Waals surface area (Å²) in [6.07, 6.45) is 3.21. The highest BCUT2D eigenvalue weighted by molar-refractivity contribution is 5.78. The van der Waals surface area contributed by atoms with Gasteiger partial charge in [-0.2, -0.15) is 0 Å². The number of aromatic nitrogens is 2. The number of hydrogen-bond donors (Lipinski definition) is 2. The lowest BCUT2D eigenvalue weighted by atomic mass is 10.3. The van der Waals surface area contributed by atoms with Crippen molar-refractivity contribution in [3.05, 3.63) is 66.9 Å². The van der Waals surface area contributed by atoms with Crippen LogP contribution >= 0.6 is 0 Å². The van der Waals surface area contributed by atoms with Crippen LogP contribution in [-0.2, 0) is 17.8 Å². The second-order valence-corrected chi connectivity index (χ2v) is 6.87. The molecule has 31 heavy (non-hydrogen) atoms. The summed E-state index contributed by atoms with van der Waals surface area (Å²) < 4.78 is 26.8. The number of rotatable bonds is 11. The van der Waals surface area contributed by atoms with E-state index in [1.54, 1.807) is 12.1 Å². The van der Waals surface area contributed by atoms with Crippen LogP contribution in [0.3, 0.4) is 0 Å². The van der Waals surface area contributed by atoms with Crippen LogP contribution in [0, 0.1) is 5.82 Å². The van der Waals surface area contributed by atoms with Crippen LogP contribution in [0.15, 0.2) is 55.2 Å². The fraction of sp³-hybridized carbons (Fsp3) is 0.375. The molecule has 3 rings (SSSR count). The first-order valence-corrected chi connectivity index (χ1v) is 10.7. The van der Waals surface area contributed by atoms with E-state index in [-0.39, 0.29) is 5.82 Å². The first kappa shape index (κ1) is 24.4. The molecule has 0 fully saturated rings. The van der Waals surface area contributed by atoms with Gasteiger partial charge < -0.3 is 25.1 Å². The monoisotopic (exact) mass is 428 g/mol. The van der Waals surface area contributed by atoms with Crippen LogP contribution in [0.4, 0.5) is 4.39 Å². The first-order valence-electron chi connectivity index (χ1n) is 10.7. The van der Waals surface area contributed by atoms with E-state index in [4.69, 9.17) is 14.5 Å². The van der Waals surface area contributed by atoms with Crippen LogP contribution in [0.5, 0.6) is 11.5 Å². The van der Waals surface area contributed by atoms with Crippen LogP contribution < -0.4 is 15.8 Å². The maximum absolute atomic E-state index is 13.1. The van der Waals surface area contributed by atoms with Crippen molar-refractivity contribution in [3.8, 4) is 11.5 Å². The Morgan fingerprint density at radius 2 is 1.84 bits per heavy atom. The number of aryl methyl sites for hydroxylation is 1. The van der Waals surface area contributed by atoms with Gasteiger partial charge in [0.2, 0.25) is 0 Å². The second kappa shape index (κ2) is 13.4. The Labute approximate surface area is 183 Å². The lowest BCUT2D eigenvalue weighted by Gasteiger charge is -2.11. The molecule has 0 bridgehead atoms. The maximum Gasteiger partial charge on any atom is 0.129 e. The zero-order valence-electron chi connectivity index (χ0n) is 18.4. The Morgan fingerprint density at radius 3 is 2.52 bits per heavy atom. The minimum absolute atomic E-state index is 0.278. The molecule has 0 aliphatic rings. The fourth-order valence-electron chi connectivity index (χ4n) is 3.05. The molecule has 1 heterocycles. The van der Waals surface area contributed by atoms with Gasteiger partial charge in [-0.3, -0.25) is 0 Å². The van der Waals surface area contributed by atoms with Crippen molar-refractivity contribution in [1.29, 1.82) is 0 Å². The average Bonchev–Trinajstić information content (AvgIpc) is 3.11. The Morgan fingerprint density at radius 1 is 1.13 bits per heavy atom. The zero-order chi connectivity index (χ0) is 22.5. The molecular weight excluding hydrogens is 395 g/mol. The van der Waals surface area contributed by atoms with Gasteiger partial charge in [0.15, 0.2) is 0 Å². The summed E-state index contributed by atoms with van der Waals surface area (Å²) in [5.41, 5.74) is 6.58. The number of halogens is 1. The molecule has 3 N–H and O–H groups in total. The lowest BCUT2D eigenvalue weighted by molar-refractivity contribution is 0.129. The predicted octanol–water partition coefficient (Wildman–Crippen LogP) is 4.98. The number of hydrogen-bond acceptors (Lipinski definition) is 5. The molecule has 0 saturated heterocycles. The number of nitrogens with one attached hydrogen (secondary N) is 1. The minimum atomic E-state index is -0.278. The smallest absolute Gasteiger partial charge is 0.129 e. The molecule has 3 aromatic rings. The minimum Gasteiger partial charge on any atom is -0.457 e. The molecular formula is C24H33FN4O2. The number of imidazole rings is 1. The van der Waals surface area contributed by atoms with Crippen molar-refractivity contribution >= 4 is 11.0 Å². The number of ether oxygens (including phenoxy) is 2. The van der Waals surface area contributed by atoms with Crippen LogP contribution in [0.1, 0.15) is 32.5 Å². The van der Waals surface area contributed by atoms with E-state index < -0.39 is 0 Å². The molecule has 0 atom stereocenters. The molecule has 1 aromatic heterocycles. The summed E-state index contributed by atoms with van der Waals surface area (Å²) in [4.78, 5) is 4.78.